The molecule has 2 aromatic carbocycles. The molecule has 2 atom stereocenters. The largest absolute Gasteiger partial charge is 0.508 e. The zero-order valence-corrected chi connectivity index (χ0v) is 22.6. The monoisotopic (exact) mass is 553 g/mol. The standard InChI is InChI=1S/C24H29ClN3O6PS/c1-15-9-16(7-8-35(2)19-6-4-5-18(29)12-19)10-20(25)22(15)23(30)28-21(24(31)32)11-17(13-26)14-27-36(3,33)34/h4-6,9-10,12-14,21,29H,7-8,11,26H2,1-3H3,(H,28,30)(H,31,32). The second-order valence-corrected chi connectivity index (χ2v) is 12.7. The fourth-order valence-corrected chi connectivity index (χ4v) is 5.64. The van der Waals surface area contributed by atoms with Crippen molar-refractivity contribution in [2.75, 3.05) is 19.1 Å². The van der Waals surface area contributed by atoms with Crippen LogP contribution >= 0.6 is 19.5 Å². The number of phenols is 1. The fraction of sp³-hybridized carbons (Fsp3) is 0.292. The van der Waals surface area contributed by atoms with Crippen molar-refractivity contribution in [1.82, 2.24) is 5.32 Å². The highest BCUT2D eigenvalue weighted by Crippen LogP contribution is 2.32. The first-order chi connectivity index (χ1) is 16.8. The smallest absolute Gasteiger partial charge is 0.326 e. The predicted molar refractivity (Wildman–Crippen MR) is 144 cm³/mol. The zero-order chi connectivity index (χ0) is 27.0. The molecule has 12 heteroatoms. The number of carboxylic acid groups (broad SMARTS) is 1. The van der Waals surface area contributed by atoms with E-state index in [1.54, 1.807) is 25.1 Å². The lowest BCUT2D eigenvalue weighted by molar-refractivity contribution is -0.139. The highest BCUT2D eigenvalue weighted by molar-refractivity contribution is 7.89. The third kappa shape index (κ3) is 8.93. The summed E-state index contributed by atoms with van der Waals surface area (Å²) in [5, 5.41) is 23.0. The van der Waals surface area contributed by atoms with Crippen LogP contribution in [-0.4, -0.2) is 61.8 Å². The van der Waals surface area contributed by atoms with Gasteiger partial charge in [0.15, 0.2) is 0 Å². The Morgan fingerprint density at radius 2 is 1.97 bits per heavy atom. The van der Waals surface area contributed by atoms with Crippen LogP contribution in [0.15, 0.2) is 52.6 Å². The van der Waals surface area contributed by atoms with Gasteiger partial charge < -0.3 is 21.3 Å². The Hall–Kier alpha value is -2.94. The Balaban J connectivity index is 2.14. The van der Waals surface area contributed by atoms with Crippen LogP contribution in [0.25, 0.3) is 0 Å². The average molecular weight is 554 g/mol. The van der Waals surface area contributed by atoms with E-state index in [9.17, 15) is 28.2 Å². The third-order valence-electron chi connectivity index (χ3n) is 5.25. The van der Waals surface area contributed by atoms with Gasteiger partial charge >= 0.3 is 5.97 Å². The molecule has 2 unspecified atom stereocenters. The maximum atomic E-state index is 12.9. The van der Waals surface area contributed by atoms with Crippen LogP contribution in [0.2, 0.25) is 5.02 Å². The van der Waals surface area contributed by atoms with Crippen LogP contribution in [0.5, 0.6) is 5.75 Å². The van der Waals surface area contributed by atoms with Crippen molar-refractivity contribution in [3.63, 3.8) is 0 Å². The number of phenolic OH excluding ortho intramolecular Hbond substituents is 1. The molecule has 0 aromatic heterocycles. The molecule has 1 amide bonds. The molecule has 36 heavy (non-hydrogen) atoms. The van der Waals surface area contributed by atoms with Crippen LogP contribution < -0.4 is 16.4 Å². The average Bonchev–Trinajstić information content (AvgIpc) is 2.78. The van der Waals surface area contributed by atoms with E-state index < -0.39 is 35.9 Å². The molecule has 0 aliphatic carbocycles. The number of sulfonamides is 1. The van der Waals surface area contributed by atoms with E-state index in [2.05, 4.69) is 16.4 Å². The first-order valence-electron chi connectivity index (χ1n) is 10.8. The minimum atomic E-state index is -3.68. The summed E-state index contributed by atoms with van der Waals surface area (Å²) in [4.78, 5) is 24.7. The predicted octanol–water partition coefficient (Wildman–Crippen LogP) is 2.78. The molecule has 0 spiro atoms. The summed E-state index contributed by atoms with van der Waals surface area (Å²) in [6.45, 7) is 3.84. The number of hydrogen-bond acceptors (Lipinski definition) is 6. The van der Waals surface area contributed by atoms with Gasteiger partial charge in [0, 0.05) is 12.6 Å². The molecule has 0 heterocycles. The fourth-order valence-electron chi connectivity index (χ4n) is 3.40. The SMILES string of the molecule is Cc1cc(CCP(C)c2cccc(O)c2)cc(Cl)c1C(=O)NC(CC(C=NS(C)(=O)=O)=CN)C(=O)O. The van der Waals surface area contributed by atoms with Crippen molar-refractivity contribution in [2.45, 2.75) is 25.8 Å². The number of nitrogens with zero attached hydrogens (tertiary/aromatic N) is 1. The van der Waals surface area contributed by atoms with E-state index >= 15 is 0 Å². The topological polar surface area (TPSA) is 159 Å². The van der Waals surface area contributed by atoms with Gasteiger partial charge in [-0.3, -0.25) is 4.79 Å². The van der Waals surface area contributed by atoms with Gasteiger partial charge in [-0.15, -0.1) is 0 Å². The van der Waals surface area contributed by atoms with E-state index in [1.807, 2.05) is 18.2 Å². The number of carbonyl (C=O) groups excluding carboxylic acids is 1. The number of aryl methyl sites for hydroxylation is 2. The third-order valence-corrected chi connectivity index (χ3v) is 8.09. The summed E-state index contributed by atoms with van der Waals surface area (Å²) in [5.41, 5.74) is 7.26. The number of benzene rings is 2. The number of rotatable bonds is 11. The van der Waals surface area contributed by atoms with E-state index in [0.717, 1.165) is 35.7 Å². The summed E-state index contributed by atoms with van der Waals surface area (Å²) in [6, 6.07) is 9.32. The lowest BCUT2D eigenvalue weighted by Gasteiger charge is -2.18. The Kier molecular flexibility index (Phi) is 10.5. The Labute approximate surface area is 216 Å². The lowest BCUT2D eigenvalue weighted by Crippen LogP contribution is -2.41. The Morgan fingerprint density at radius 1 is 1.28 bits per heavy atom. The van der Waals surface area contributed by atoms with E-state index in [-0.39, 0.29) is 28.3 Å². The normalized spacial score (nSPS) is 13.9. The molecular formula is C24H29ClN3O6PS. The highest BCUT2D eigenvalue weighted by Gasteiger charge is 2.24. The maximum absolute atomic E-state index is 12.9. The summed E-state index contributed by atoms with van der Waals surface area (Å²) in [7, 11) is -4.19. The second kappa shape index (κ2) is 12.9. The second-order valence-electron chi connectivity index (χ2n) is 8.24. The molecule has 194 valence electrons. The van der Waals surface area contributed by atoms with Crippen LogP contribution in [0.1, 0.15) is 27.9 Å². The van der Waals surface area contributed by atoms with Crippen molar-refractivity contribution in [2.24, 2.45) is 10.1 Å². The van der Waals surface area contributed by atoms with Crippen LogP contribution in [0.4, 0.5) is 0 Å². The van der Waals surface area contributed by atoms with Gasteiger partial charge in [-0.2, -0.15) is 4.40 Å². The van der Waals surface area contributed by atoms with Crippen molar-refractivity contribution in [3.05, 3.63) is 69.9 Å². The molecule has 0 bridgehead atoms. The van der Waals surface area contributed by atoms with Crippen molar-refractivity contribution >= 4 is 52.9 Å². The Morgan fingerprint density at radius 3 is 2.53 bits per heavy atom. The number of carboxylic acids is 1. The molecular weight excluding hydrogens is 525 g/mol. The van der Waals surface area contributed by atoms with Gasteiger partial charge in [-0.1, -0.05) is 37.7 Å². The number of nitrogens with one attached hydrogen (secondary N) is 1. The van der Waals surface area contributed by atoms with E-state index in [4.69, 9.17) is 17.3 Å². The van der Waals surface area contributed by atoms with Crippen molar-refractivity contribution < 1.29 is 28.2 Å². The minimum absolute atomic E-state index is 0.120. The number of hydrogen-bond donors (Lipinski definition) is 4. The number of aromatic hydroxyl groups is 1. The number of aliphatic carboxylic acids is 1. The first-order valence-corrected chi connectivity index (χ1v) is 15.0. The van der Waals surface area contributed by atoms with Gasteiger partial charge in [0.2, 0.25) is 10.0 Å². The number of halogens is 1. The Bertz CT molecular complexity index is 1270. The number of carbonyl (C=O) groups is 2. The molecule has 0 aliphatic rings. The lowest BCUT2D eigenvalue weighted by atomic mass is 10.0. The molecule has 0 radical (unpaired) electrons. The minimum Gasteiger partial charge on any atom is -0.508 e. The summed E-state index contributed by atoms with van der Waals surface area (Å²) < 4.78 is 25.8. The van der Waals surface area contributed by atoms with E-state index in [0.29, 0.717) is 12.0 Å². The van der Waals surface area contributed by atoms with Crippen LogP contribution in [0.3, 0.4) is 0 Å². The van der Waals surface area contributed by atoms with Gasteiger partial charge in [0.1, 0.15) is 11.8 Å². The molecule has 0 saturated heterocycles. The quantitative estimate of drug-likeness (QED) is 0.246. The van der Waals surface area contributed by atoms with Crippen molar-refractivity contribution in [1.29, 1.82) is 0 Å². The molecule has 0 saturated carbocycles. The molecule has 9 nitrogen and oxygen atoms in total. The van der Waals surface area contributed by atoms with Crippen LogP contribution in [0, 0.1) is 6.92 Å². The molecule has 2 aromatic rings. The van der Waals surface area contributed by atoms with Gasteiger partial charge in [-0.25, -0.2) is 13.2 Å². The number of amides is 1. The molecule has 5 N–H and O–H groups in total. The summed E-state index contributed by atoms with van der Waals surface area (Å²) in [5.74, 6) is -1.78. The first kappa shape index (κ1) is 29.3. The van der Waals surface area contributed by atoms with Crippen molar-refractivity contribution in [3.8, 4) is 5.75 Å². The molecule has 0 aliphatic heterocycles. The zero-order valence-electron chi connectivity index (χ0n) is 20.1. The highest BCUT2D eigenvalue weighted by atomic mass is 35.5. The maximum Gasteiger partial charge on any atom is 0.326 e. The van der Waals surface area contributed by atoms with Gasteiger partial charge in [0.25, 0.3) is 5.91 Å². The van der Waals surface area contributed by atoms with Gasteiger partial charge in [0.05, 0.1) is 16.8 Å². The number of nitrogens with two attached hydrogens (primary N) is 1. The van der Waals surface area contributed by atoms with E-state index in [1.165, 1.54) is 0 Å². The van der Waals surface area contributed by atoms with Gasteiger partial charge in [-0.05, 0) is 72.6 Å². The summed E-state index contributed by atoms with van der Waals surface area (Å²) in [6.07, 6.45) is 4.15. The van der Waals surface area contributed by atoms with Crippen LogP contribution in [-0.2, 0) is 21.2 Å². The molecule has 2 rings (SSSR count). The summed E-state index contributed by atoms with van der Waals surface area (Å²) >= 11 is 6.42. The molecule has 0 fully saturated rings.